The third-order valence-electron chi connectivity index (χ3n) is 5.75. The van der Waals surface area contributed by atoms with E-state index in [1.165, 1.54) is 0 Å². The number of likely N-dealkylation sites (tertiary alicyclic amines) is 1. The minimum atomic E-state index is -1.05. The van der Waals surface area contributed by atoms with Gasteiger partial charge in [-0.25, -0.2) is 9.37 Å². The Labute approximate surface area is 179 Å². The first-order valence-electron chi connectivity index (χ1n) is 10.3. The van der Waals surface area contributed by atoms with Crippen molar-refractivity contribution in [3.8, 4) is 17.2 Å². The minimum Gasteiger partial charge on any atom is -0.454 e. The Balaban J connectivity index is 1.29. The summed E-state index contributed by atoms with van der Waals surface area (Å²) in [5.74, 6) is 2.03. The molecule has 2 aliphatic heterocycles. The number of anilines is 1. The van der Waals surface area contributed by atoms with E-state index in [9.17, 15) is 9.18 Å². The Kier molecular flexibility index (Phi) is 5.07. The first-order valence-corrected chi connectivity index (χ1v) is 10.3. The summed E-state index contributed by atoms with van der Waals surface area (Å²) in [6.07, 6.45) is 2.75. The lowest BCUT2D eigenvalue weighted by molar-refractivity contribution is -0.120. The Morgan fingerprint density at radius 2 is 2.06 bits per heavy atom. The molecule has 1 aromatic heterocycles. The van der Waals surface area contributed by atoms with Crippen LogP contribution >= 0.6 is 0 Å². The molecule has 1 saturated heterocycles. The lowest BCUT2D eigenvalue weighted by atomic mass is 10.1. The Bertz CT molecular complexity index is 1100. The summed E-state index contributed by atoms with van der Waals surface area (Å²) in [5.41, 5.74) is 2.52. The predicted molar refractivity (Wildman–Crippen MR) is 113 cm³/mol. The molecule has 160 valence electrons. The van der Waals surface area contributed by atoms with E-state index in [4.69, 9.17) is 9.47 Å². The molecular formula is C23H23FN4O3. The molecule has 8 heteroatoms. The van der Waals surface area contributed by atoms with Crippen LogP contribution < -0.4 is 14.8 Å². The van der Waals surface area contributed by atoms with Gasteiger partial charge in [-0.05, 0) is 37.3 Å². The number of ether oxygens (including phenoxy) is 2. The Hall–Kier alpha value is -3.39. The molecule has 1 unspecified atom stereocenters. The van der Waals surface area contributed by atoms with Crippen molar-refractivity contribution in [2.24, 2.45) is 0 Å². The van der Waals surface area contributed by atoms with Gasteiger partial charge in [-0.15, -0.1) is 0 Å². The molecule has 0 radical (unpaired) electrons. The normalized spacial score (nSPS) is 20.2. The topological polar surface area (TPSA) is 68.6 Å². The lowest BCUT2D eigenvalue weighted by Gasteiger charge is -2.24. The standard InChI is InChI=1S/C23H23FN4O3/c1-15-25-9-10-28(15)19-7-5-18(6-8-19)26-23(29)20-11-17(24)13-27(20)12-16-3-2-4-21-22(16)31-14-30-21/h2-10,17,20H,11-14H2,1H3,(H,26,29)/t17?,20-/m1/s1. The van der Waals surface area contributed by atoms with E-state index in [1.807, 2.05) is 65.1 Å². The molecule has 31 heavy (non-hydrogen) atoms. The number of rotatable bonds is 5. The number of halogens is 1. The van der Waals surface area contributed by atoms with Gasteiger partial charge in [0.1, 0.15) is 12.0 Å². The van der Waals surface area contributed by atoms with Crippen LogP contribution in [0.4, 0.5) is 10.1 Å². The smallest absolute Gasteiger partial charge is 0.241 e. The van der Waals surface area contributed by atoms with Gasteiger partial charge in [-0.3, -0.25) is 9.69 Å². The van der Waals surface area contributed by atoms with Gasteiger partial charge in [0.2, 0.25) is 12.7 Å². The zero-order valence-corrected chi connectivity index (χ0v) is 17.1. The summed E-state index contributed by atoms with van der Waals surface area (Å²) in [7, 11) is 0. The molecule has 0 saturated carbocycles. The summed E-state index contributed by atoms with van der Waals surface area (Å²) in [6, 6.07) is 12.6. The molecule has 3 heterocycles. The van der Waals surface area contributed by atoms with Gasteiger partial charge in [0.05, 0.1) is 6.04 Å². The number of hydrogen-bond acceptors (Lipinski definition) is 5. The number of nitrogens with zero attached hydrogens (tertiary/aromatic N) is 3. The predicted octanol–water partition coefficient (Wildman–Crippen LogP) is 3.46. The van der Waals surface area contributed by atoms with E-state index >= 15 is 0 Å². The SMILES string of the molecule is Cc1nccn1-c1ccc(NC(=O)[C@H]2CC(F)CN2Cc2cccc3c2OCO3)cc1. The van der Waals surface area contributed by atoms with Crippen molar-refractivity contribution in [3.63, 3.8) is 0 Å². The van der Waals surface area contributed by atoms with Crippen LogP contribution in [0.3, 0.4) is 0 Å². The number of nitrogens with one attached hydrogen (secondary N) is 1. The number of aromatic nitrogens is 2. The number of fused-ring (bicyclic) bond motifs is 1. The first kappa shape index (κ1) is 19.6. The highest BCUT2D eigenvalue weighted by molar-refractivity contribution is 5.95. The van der Waals surface area contributed by atoms with E-state index in [0.717, 1.165) is 17.1 Å². The molecular weight excluding hydrogens is 399 g/mol. The number of hydrogen-bond donors (Lipinski definition) is 1. The molecule has 0 bridgehead atoms. The van der Waals surface area contributed by atoms with Gasteiger partial charge in [0, 0.05) is 48.8 Å². The van der Waals surface area contributed by atoms with Crippen molar-refractivity contribution in [1.29, 1.82) is 0 Å². The van der Waals surface area contributed by atoms with Crippen LogP contribution in [0.2, 0.25) is 0 Å². The second kappa shape index (κ2) is 8.03. The summed E-state index contributed by atoms with van der Waals surface area (Å²) in [6.45, 7) is 2.74. The van der Waals surface area contributed by atoms with Crippen LogP contribution in [0.25, 0.3) is 5.69 Å². The summed E-state index contributed by atoms with van der Waals surface area (Å²) in [4.78, 5) is 19.1. The van der Waals surface area contributed by atoms with Gasteiger partial charge in [-0.2, -0.15) is 0 Å². The fourth-order valence-electron chi connectivity index (χ4n) is 4.21. The zero-order valence-electron chi connectivity index (χ0n) is 17.1. The number of carbonyl (C=O) groups excluding carboxylic acids is 1. The molecule has 1 N–H and O–H groups in total. The largest absolute Gasteiger partial charge is 0.454 e. The first-order chi connectivity index (χ1) is 15.1. The number of amides is 1. The van der Waals surface area contributed by atoms with E-state index in [0.29, 0.717) is 23.7 Å². The molecule has 2 aromatic carbocycles. The van der Waals surface area contributed by atoms with Crippen LogP contribution in [0.15, 0.2) is 54.9 Å². The molecule has 1 amide bonds. The lowest BCUT2D eigenvalue weighted by Crippen LogP contribution is -2.39. The monoisotopic (exact) mass is 422 g/mol. The zero-order chi connectivity index (χ0) is 21.4. The van der Waals surface area contributed by atoms with Gasteiger partial charge < -0.3 is 19.4 Å². The van der Waals surface area contributed by atoms with E-state index in [-0.39, 0.29) is 25.7 Å². The van der Waals surface area contributed by atoms with Crippen LogP contribution in [0.5, 0.6) is 11.5 Å². The highest BCUT2D eigenvalue weighted by Gasteiger charge is 2.37. The van der Waals surface area contributed by atoms with Crippen molar-refractivity contribution in [2.45, 2.75) is 32.1 Å². The molecule has 2 atom stereocenters. The molecule has 7 nitrogen and oxygen atoms in total. The summed E-state index contributed by atoms with van der Waals surface area (Å²) >= 11 is 0. The number of alkyl halides is 1. The average Bonchev–Trinajstić information content (AvgIpc) is 3.49. The maximum atomic E-state index is 14.3. The van der Waals surface area contributed by atoms with Crippen molar-refractivity contribution in [2.75, 3.05) is 18.7 Å². The van der Waals surface area contributed by atoms with Crippen molar-refractivity contribution < 1.29 is 18.7 Å². The van der Waals surface area contributed by atoms with E-state index < -0.39 is 12.2 Å². The Morgan fingerprint density at radius 3 is 2.84 bits per heavy atom. The van der Waals surface area contributed by atoms with Gasteiger partial charge in [-0.1, -0.05) is 12.1 Å². The van der Waals surface area contributed by atoms with Crippen LogP contribution in [0, 0.1) is 6.92 Å². The third kappa shape index (κ3) is 3.86. The minimum absolute atomic E-state index is 0.171. The highest BCUT2D eigenvalue weighted by atomic mass is 19.1. The average molecular weight is 422 g/mol. The van der Waals surface area contributed by atoms with Crippen molar-refractivity contribution in [3.05, 3.63) is 66.2 Å². The number of carbonyl (C=O) groups is 1. The number of imidazole rings is 1. The molecule has 2 aliphatic rings. The number of aryl methyl sites for hydroxylation is 1. The fraction of sp³-hybridized carbons (Fsp3) is 0.304. The molecule has 3 aromatic rings. The molecule has 0 aliphatic carbocycles. The van der Waals surface area contributed by atoms with Gasteiger partial charge >= 0.3 is 0 Å². The fourth-order valence-corrected chi connectivity index (χ4v) is 4.21. The number of benzene rings is 2. The summed E-state index contributed by atoms with van der Waals surface area (Å²) in [5, 5.41) is 2.93. The maximum absolute atomic E-state index is 14.3. The summed E-state index contributed by atoms with van der Waals surface area (Å²) < 4.78 is 27.2. The molecule has 5 rings (SSSR count). The van der Waals surface area contributed by atoms with E-state index in [1.54, 1.807) is 6.20 Å². The van der Waals surface area contributed by atoms with Crippen molar-refractivity contribution in [1.82, 2.24) is 14.5 Å². The van der Waals surface area contributed by atoms with Gasteiger partial charge in [0.25, 0.3) is 0 Å². The second-order valence-electron chi connectivity index (χ2n) is 7.81. The quantitative estimate of drug-likeness (QED) is 0.682. The van der Waals surface area contributed by atoms with Crippen LogP contribution in [0.1, 0.15) is 17.8 Å². The van der Waals surface area contributed by atoms with Crippen molar-refractivity contribution >= 4 is 11.6 Å². The number of para-hydroxylation sites is 1. The maximum Gasteiger partial charge on any atom is 0.241 e. The highest BCUT2D eigenvalue weighted by Crippen LogP contribution is 2.37. The van der Waals surface area contributed by atoms with Crippen LogP contribution in [-0.2, 0) is 11.3 Å². The van der Waals surface area contributed by atoms with E-state index in [2.05, 4.69) is 10.3 Å². The second-order valence-corrected chi connectivity index (χ2v) is 7.81. The third-order valence-corrected chi connectivity index (χ3v) is 5.75. The molecule has 0 spiro atoms. The Morgan fingerprint density at radius 1 is 1.23 bits per heavy atom. The molecule has 1 fully saturated rings. The van der Waals surface area contributed by atoms with Crippen LogP contribution in [-0.4, -0.2) is 45.9 Å². The van der Waals surface area contributed by atoms with Gasteiger partial charge in [0.15, 0.2) is 11.5 Å².